The fourth-order valence-electron chi connectivity index (χ4n) is 1.11. The molecule has 0 aliphatic carbocycles. The number of hydrogen-bond acceptors (Lipinski definition) is 5. The molecule has 6 heteroatoms. The second kappa shape index (κ2) is 6.24. The number of carbonyl (C=O) groups excluding carboxylic acids is 1. The van der Waals surface area contributed by atoms with Gasteiger partial charge in [0, 0.05) is 13.1 Å². The molecule has 1 aromatic rings. The van der Waals surface area contributed by atoms with Gasteiger partial charge in [-0.25, -0.2) is 4.98 Å². The Morgan fingerprint density at radius 3 is 2.88 bits per heavy atom. The van der Waals surface area contributed by atoms with E-state index in [1.807, 2.05) is 6.92 Å². The summed E-state index contributed by atoms with van der Waals surface area (Å²) < 4.78 is 0. The number of rotatable bonds is 6. The number of hydrogen-bond donors (Lipinski definition) is 3. The standard InChI is InChI=1S/C11H18N4OS/c1-4-5-13-11-15-9(12)8(17-11)10(16)14-6-7(2)3/h2,4-6,12H2,1,3H3,(H,13,15)(H,14,16). The van der Waals surface area contributed by atoms with Gasteiger partial charge >= 0.3 is 0 Å². The SMILES string of the molecule is C=C(C)CNC(=O)c1sc(NCCC)nc1N. The van der Waals surface area contributed by atoms with Crippen molar-refractivity contribution >= 4 is 28.2 Å². The highest BCUT2D eigenvalue weighted by Crippen LogP contribution is 2.24. The minimum absolute atomic E-state index is 0.201. The van der Waals surface area contributed by atoms with Crippen molar-refractivity contribution in [2.75, 3.05) is 24.1 Å². The summed E-state index contributed by atoms with van der Waals surface area (Å²) in [6.07, 6.45) is 0.997. The van der Waals surface area contributed by atoms with Gasteiger partial charge in [0.2, 0.25) is 0 Å². The van der Waals surface area contributed by atoms with Gasteiger partial charge in [-0.15, -0.1) is 0 Å². The molecule has 5 nitrogen and oxygen atoms in total. The number of anilines is 2. The number of nitrogen functional groups attached to an aromatic ring is 1. The van der Waals surface area contributed by atoms with Crippen molar-refractivity contribution in [3.05, 3.63) is 17.0 Å². The van der Waals surface area contributed by atoms with Crippen molar-refractivity contribution in [2.24, 2.45) is 0 Å². The van der Waals surface area contributed by atoms with Crippen LogP contribution in [0.15, 0.2) is 12.2 Å². The fourth-order valence-corrected chi connectivity index (χ4v) is 1.94. The van der Waals surface area contributed by atoms with Gasteiger partial charge in [0.05, 0.1) is 0 Å². The molecule has 1 aromatic heterocycles. The molecule has 0 spiro atoms. The summed E-state index contributed by atoms with van der Waals surface area (Å²) in [6, 6.07) is 0. The molecule has 0 saturated carbocycles. The van der Waals surface area contributed by atoms with Crippen LogP contribution in [0.4, 0.5) is 10.9 Å². The maximum absolute atomic E-state index is 11.8. The average Bonchev–Trinajstić information content (AvgIpc) is 2.64. The topological polar surface area (TPSA) is 80.0 Å². The lowest BCUT2D eigenvalue weighted by Crippen LogP contribution is -2.24. The van der Waals surface area contributed by atoms with Crippen molar-refractivity contribution in [2.45, 2.75) is 20.3 Å². The van der Waals surface area contributed by atoms with Crippen LogP contribution in [0.1, 0.15) is 29.9 Å². The van der Waals surface area contributed by atoms with E-state index in [2.05, 4.69) is 29.1 Å². The van der Waals surface area contributed by atoms with Gasteiger partial charge in [0.15, 0.2) is 5.13 Å². The third-order valence-corrected chi connectivity index (χ3v) is 2.96. The number of aromatic nitrogens is 1. The molecule has 0 atom stereocenters. The summed E-state index contributed by atoms with van der Waals surface area (Å²) in [7, 11) is 0. The van der Waals surface area contributed by atoms with Crippen LogP contribution in [-0.2, 0) is 0 Å². The minimum Gasteiger partial charge on any atom is -0.382 e. The Balaban J connectivity index is 2.66. The Labute approximate surface area is 105 Å². The van der Waals surface area contributed by atoms with Crippen LogP contribution < -0.4 is 16.4 Å². The molecule has 0 aliphatic rings. The molecule has 4 N–H and O–H groups in total. The van der Waals surface area contributed by atoms with Gasteiger partial charge in [-0.2, -0.15) is 0 Å². The highest BCUT2D eigenvalue weighted by atomic mass is 32.1. The first kappa shape index (κ1) is 13.5. The third-order valence-electron chi connectivity index (χ3n) is 1.94. The van der Waals surface area contributed by atoms with Gasteiger partial charge in [-0.05, 0) is 13.3 Å². The monoisotopic (exact) mass is 254 g/mol. The maximum Gasteiger partial charge on any atom is 0.265 e. The van der Waals surface area contributed by atoms with Crippen molar-refractivity contribution < 1.29 is 4.79 Å². The minimum atomic E-state index is -0.201. The van der Waals surface area contributed by atoms with E-state index in [9.17, 15) is 4.79 Å². The second-order valence-electron chi connectivity index (χ2n) is 3.80. The van der Waals surface area contributed by atoms with E-state index >= 15 is 0 Å². The van der Waals surface area contributed by atoms with E-state index in [1.54, 1.807) is 0 Å². The first-order valence-electron chi connectivity index (χ1n) is 5.47. The smallest absolute Gasteiger partial charge is 0.265 e. The molecule has 0 saturated heterocycles. The van der Waals surface area contributed by atoms with E-state index in [0.717, 1.165) is 18.5 Å². The quantitative estimate of drug-likeness (QED) is 0.677. The lowest BCUT2D eigenvalue weighted by atomic mass is 10.3. The van der Waals surface area contributed by atoms with E-state index in [-0.39, 0.29) is 11.7 Å². The molecule has 0 aliphatic heterocycles. The van der Waals surface area contributed by atoms with Crippen molar-refractivity contribution in [3.8, 4) is 0 Å². The normalized spacial score (nSPS) is 10.0. The van der Waals surface area contributed by atoms with Crippen LogP contribution in [0, 0.1) is 0 Å². The molecule has 0 radical (unpaired) electrons. The van der Waals surface area contributed by atoms with Crippen molar-refractivity contribution in [3.63, 3.8) is 0 Å². The van der Waals surface area contributed by atoms with Gasteiger partial charge in [-0.1, -0.05) is 30.4 Å². The number of nitrogens with two attached hydrogens (primary N) is 1. The molecule has 17 heavy (non-hydrogen) atoms. The summed E-state index contributed by atoms with van der Waals surface area (Å²) in [5, 5.41) is 6.52. The molecule has 1 rings (SSSR count). The van der Waals surface area contributed by atoms with Crippen LogP contribution in [0.5, 0.6) is 0 Å². The Hall–Kier alpha value is -1.56. The van der Waals surface area contributed by atoms with E-state index in [0.29, 0.717) is 16.6 Å². The molecule has 94 valence electrons. The zero-order valence-corrected chi connectivity index (χ0v) is 11.0. The van der Waals surface area contributed by atoms with Crippen molar-refractivity contribution in [1.29, 1.82) is 0 Å². The Morgan fingerprint density at radius 2 is 2.29 bits per heavy atom. The zero-order valence-electron chi connectivity index (χ0n) is 10.2. The van der Waals surface area contributed by atoms with Gasteiger partial charge in [0.25, 0.3) is 5.91 Å². The average molecular weight is 254 g/mol. The van der Waals surface area contributed by atoms with Crippen LogP contribution in [0.2, 0.25) is 0 Å². The highest BCUT2D eigenvalue weighted by molar-refractivity contribution is 7.18. The first-order chi connectivity index (χ1) is 8.04. The predicted molar refractivity (Wildman–Crippen MR) is 72.5 cm³/mol. The van der Waals surface area contributed by atoms with E-state index in [1.165, 1.54) is 11.3 Å². The van der Waals surface area contributed by atoms with Gasteiger partial charge < -0.3 is 16.4 Å². The Bertz CT molecular complexity index is 414. The maximum atomic E-state index is 11.8. The molecule has 1 amide bonds. The Morgan fingerprint density at radius 1 is 1.59 bits per heavy atom. The Kier molecular flexibility index (Phi) is 4.96. The predicted octanol–water partition coefficient (Wildman–Crippen LogP) is 1.85. The fraction of sp³-hybridized carbons (Fsp3) is 0.455. The van der Waals surface area contributed by atoms with Crippen molar-refractivity contribution in [1.82, 2.24) is 10.3 Å². The number of thiazole rings is 1. The third kappa shape index (κ3) is 4.07. The molecular formula is C11H18N4OS. The molecule has 0 aromatic carbocycles. The summed E-state index contributed by atoms with van der Waals surface area (Å²) in [4.78, 5) is 16.3. The molecular weight excluding hydrogens is 236 g/mol. The van der Waals surface area contributed by atoms with Gasteiger partial charge in [0.1, 0.15) is 10.7 Å². The number of carbonyl (C=O) groups is 1. The largest absolute Gasteiger partial charge is 0.382 e. The summed E-state index contributed by atoms with van der Waals surface area (Å²) in [5.41, 5.74) is 6.59. The molecule has 0 bridgehead atoms. The van der Waals surface area contributed by atoms with Crippen LogP contribution in [0.25, 0.3) is 0 Å². The number of nitrogens with zero attached hydrogens (tertiary/aromatic N) is 1. The summed E-state index contributed by atoms with van der Waals surface area (Å²) in [6.45, 7) is 8.90. The number of amides is 1. The van der Waals surface area contributed by atoms with Crippen LogP contribution in [0.3, 0.4) is 0 Å². The molecule has 1 heterocycles. The van der Waals surface area contributed by atoms with E-state index < -0.39 is 0 Å². The second-order valence-corrected chi connectivity index (χ2v) is 4.80. The summed E-state index contributed by atoms with van der Waals surface area (Å²) >= 11 is 1.27. The summed E-state index contributed by atoms with van der Waals surface area (Å²) in [5.74, 6) is 0.0698. The first-order valence-corrected chi connectivity index (χ1v) is 6.29. The number of nitrogens with one attached hydrogen (secondary N) is 2. The lowest BCUT2D eigenvalue weighted by molar-refractivity contribution is 0.0961. The molecule has 0 fully saturated rings. The molecule has 0 unspecified atom stereocenters. The zero-order chi connectivity index (χ0) is 12.8. The van der Waals surface area contributed by atoms with Crippen LogP contribution in [-0.4, -0.2) is 24.0 Å². The van der Waals surface area contributed by atoms with Gasteiger partial charge in [-0.3, -0.25) is 4.79 Å². The highest BCUT2D eigenvalue weighted by Gasteiger charge is 2.15. The van der Waals surface area contributed by atoms with E-state index in [4.69, 9.17) is 5.73 Å². The lowest BCUT2D eigenvalue weighted by Gasteiger charge is -2.02. The van der Waals surface area contributed by atoms with Crippen LogP contribution >= 0.6 is 11.3 Å².